The fraction of sp³-hybridized carbons (Fsp3) is 0.385. The summed E-state index contributed by atoms with van der Waals surface area (Å²) in [6, 6.07) is 3.56. The highest BCUT2D eigenvalue weighted by atomic mass is 32.2. The van der Waals surface area contributed by atoms with Gasteiger partial charge in [0.15, 0.2) is 9.84 Å². The smallest absolute Gasteiger partial charge is 0.241 e. The molecule has 1 N–H and O–H groups in total. The Morgan fingerprint density at radius 3 is 3.00 bits per heavy atom. The van der Waals surface area contributed by atoms with E-state index in [0.29, 0.717) is 6.42 Å². The van der Waals surface area contributed by atoms with Crippen molar-refractivity contribution >= 4 is 27.1 Å². The quantitative estimate of drug-likeness (QED) is 0.906. The molecule has 0 spiro atoms. The molecule has 0 bridgehead atoms. The van der Waals surface area contributed by atoms with Gasteiger partial charge in [-0.15, -0.1) is 0 Å². The Morgan fingerprint density at radius 1 is 1.48 bits per heavy atom. The maximum Gasteiger partial charge on any atom is 0.241 e. The van der Waals surface area contributed by atoms with E-state index in [9.17, 15) is 13.2 Å². The van der Waals surface area contributed by atoms with Crippen molar-refractivity contribution in [1.82, 2.24) is 15.1 Å². The molecule has 1 saturated heterocycles. The maximum absolute atomic E-state index is 11.9. The van der Waals surface area contributed by atoms with Crippen molar-refractivity contribution in [2.24, 2.45) is 0 Å². The predicted octanol–water partition coefficient (Wildman–Crippen LogP) is 0.915. The highest BCUT2D eigenvalue weighted by Crippen LogP contribution is 2.19. The lowest BCUT2D eigenvalue weighted by Crippen LogP contribution is -2.37. The molecule has 2 aromatic rings. The van der Waals surface area contributed by atoms with Crippen LogP contribution < -0.4 is 5.32 Å². The first-order chi connectivity index (χ1) is 10.0. The summed E-state index contributed by atoms with van der Waals surface area (Å²) in [4.78, 5) is 11.9. The number of hydrogen-bond donors (Lipinski definition) is 1. The van der Waals surface area contributed by atoms with Crippen LogP contribution in [0.4, 0.5) is 0 Å². The van der Waals surface area contributed by atoms with Crippen molar-refractivity contribution in [3.63, 3.8) is 0 Å². The number of rotatable bonds is 4. The largest absolute Gasteiger partial charge is 0.351 e. The van der Waals surface area contributed by atoms with Crippen LogP contribution in [0.15, 0.2) is 29.1 Å². The van der Waals surface area contributed by atoms with E-state index in [-0.39, 0.29) is 30.0 Å². The van der Waals surface area contributed by atoms with Crippen LogP contribution in [0, 0.1) is 0 Å². The molecule has 1 aliphatic rings. The monoisotopic (exact) mass is 325 g/mol. The average molecular weight is 325 g/mol. The van der Waals surface area contributed by atoms with Crippen LogP contribution in [-0.2, 0) is 21.2 Å². The zero-order valence-corrected chi connectivity index (χ0v) is 12.9. The van der Waals surface area contributed by atoms with Crippen molar-refractivity contribution in [2.45, 2.75) is 19.0 Å². The number of sulfone groups is 1. The van der Waals surface area contributed by atoms with Gasteiger partial charge < -0.3 is 5.32 Å². The number of nitrogens with one attached hydrogen (secondary N) is 1. The minimum absolute atomic E-state index is 0.0397. The summed E-state index contributed by atoms with van der Waals surface area (Å²) >= 11 is 1.59. The zero-order valence-electron chi connectivity index (χ0n) is 11.2. The molecule has 1 aliphatic heterocycles. The maximum atomic E-state index is 11.9. The molecule has 0 aromatic carbocycles. The minimum atomic E-state index is -2.98. The first-order valence-corrected chi connectivity index (χ1v) is 9.34. The Kier molecular flexibility index (Phi) is 3.81. The molecule has 6 nitrogen and oxygen atoms in total. The number of nitrogens with zero attached hydrogens (tertiary/aromatic N) is 2. The number of carbonyl (C=O) groups is 1. The molecular weight excluding hydrogens is 310 g/mol. The van der Waals surface area contributed by atoms with Crippen molar-refractivity contribution in [1.29, 1.82) is 0 Å². The van der Waals surface area contributed by atoms with Gasteiger partial charge in [-0.05, 0) is 23.9 Å². The number of hydrogen-bond acceptors (Lipinski definition) is 5. The van der Waals surface area contributed by atoms with E-state index < -0.39 is 9.84 Å². The molecule has 0 unspecified atom stereocenters. The van der Waals surface area contributed by atoms with Gasteiger partial charge in [-0.1, -0.05) is 0 Å². The van der Waals surface area contributed by atoms with E-state index in [0.717, 1.165) is 11.3 Å². The second-order valence-electron chi connectivity index (χ2n) is 5.08. The number of aromatic nitrogens is 2. The molecule has 0 radical (unpaired) electrons. The van der Waals surface area contributed by atoms with Gasteiger partial charge in [0.1, 0.15) is 6.54 Å². The van der Waals surface area contributed by atoms with Crippen LogP contribution in [0.3, 0.4) is 0 Å². The molecule has 1 amide bonds. The third-order valence-corrected chi connectivity index (χ3v) is 5.81. The Bertz CT molecular complexity index is 735. The molecule has 8 heteroatoms. The van der Waals surface area contributed by atoms with Gasteiger partial charge in [0.2, 0.25) is 5.91 Å². The molecule has 3 heterocycles. The lowest BCUT2D eigenvalue weighted by atomic mass is 10.2. The second kappa shape index (κ2) is 5.61. The Hall–Kier alpha value is -1.67. The zero-order chi connectivity index (χ0) is 14.9. The fourth-order valence-corrected chi connectivity index (χ4v) is 4.67. The van der Waals surface area contributed by atoms with Gasteiger partial charge in [0, 0.05) is 23.2 Å². The Balaban J connectivity index is 1.58. The van der Waals surface area contributed by atoms with Crippen molar-refractivity contribution < 1.29 is 13.2 Å². The second-order valence-corrected chi connectivity index (χ2v) is 8.09. The summed E-state index contributed by atoms with van der Waals surface area (Å²) in [7, 11) is -2.98. The lowest BCUT2D eigenvalue weighted by Gasteiger charge is -2.10. The summed E-state index contributed by atoms with van der Waals surface area (Å²) in [5.74, 6) is -0.0166. The molecule has 2 aromatic heterocycles. The SMILES string of the molecule is O=C(Cn1ccc(-c2ccsc2)n1)N[C@H]1CCS(=O)(=O)C1. The van der Waals surface area contributed by atoms with Gasteiger partial charge in [-0.2, -0.15) is 16.4 Å². The van der Waals surface area contributed by atoms with Gasteiger partial charge in [0.25, 0.3) is 0 Å². The van der Waals surface area contributed by atoms with Gasteiger partial charge >= 0.3 is 0 Å². The van der Waals surface area contributed by atoms with E-state index >= 15 is 0 Å². The van der Waals surface area contributed by atoms with Crippen LogP contribution in [0.2, 0.25) is 0 Å². The average Bonchev–Trinajstić information content (AvgIpc) is 3.09. The van der Waals surface area contributed by atoms with Crippen LogP contribution in [0.5, 0.6) is 0 Å². The summed E-state index contributed by atoms with van der Waals surface area (Å²) < 4.78 is 24.3. The molecule has 0 saturated carbocycles. The number of thiophene rings is 1. The van der Waals surface area contributed by atoms with E-state index in [1.54, 1.807) is 22.2 Å². The molecule has 21 heavy (non-hydrogen) atoms. The normalized spacial score (nSPS) is 20.5. The third-order valence-electron chi connectivity index (χ3n) is 3.36. The summed E-state index contributed by atoms with van der Waals surface area (Å²) in [6.45, 7) is 0.0979. The first kappa shape index (κ1) is 14.3. The molecule has 112 valence electrons. The fourth-order valence-electron chi connectivity index (χ4n) is 2.34. The third kappa shape index (κ3) is 3.51. The van der Waals surface area contributed by atoms with E-state index in [4.69, 9.17) is 0 Å². The van der Waals surface area contributed by atoms with Crippen molar-refractivity contribution in [2.75, 3.05) is 11.5 Å². The van der Waals surface area contributed by atoms with E-state index in [1.165, 1.54) is 0 Å². The number of carbonyl (C=O) groups excluding carboxylic acids is 1. The molecule has 0 aliphatic carbocycles. The van der Waals surface area contributed by atoms with Crippen LogP contribution in [0.25, 0.3) is 11.3 Å². The van der Waals surface area contributed by atoms with Crippen molar-refractivity contribution in [3.05, 3.63) is 29.1 Å². The first-order valence-electron chi connectivity index (χ1n) is 6.58. The molecular formula is C13H15N3O3S2. The lowest BCUT2D eigenvalue weighted by molar-refractivity contribution is -0.122. The van der Waals surface area contributed by atoms with E-state index in [1.807, 2.05) is 22.9 Å². The Labute approximate surface area is 126 Å². The van der Waals surface area contributed by atoms with E-state index in [2.05, 4.69) is 10.4 Å². The van der Waals surface area contributed by atoms with Crippen LogP contribution >= 0.6 is 11.3 Å². The minimum Gasteiger partial charge on any atom is -0.351 e. The van der Waals surface area contributed by atoms with Crippen LogP contribution in [-0.4, -0.2) is 41.7 Å². The predicted molar refractivity (Wildman–Crippen MR) is 80.7 cm³/mol. The molecule has 3 rings (SSSR count). The molecule has 1 atom stereocenters. The van der Waals surface area contributed by atoms with Crippen LogP contribution in [0.1, 0.15) is 6.42 Å². The standard InChI is InChI=1S/C13H15N3O3S2/c17-13(14-11-3-6-21(18,19)9-11)7-16-4-1-12(15-16)10-2-5-20-8-10/h1-2,4-5,8,11H,3,6-7,9H2,(H,14,17)/t11-/m0/s1. The topological polar surface area (TPSA) is 81.1 Å². The van der Waals surface area contributed by atoms with Crippen molar-refractivity contribution in [3.8, 4) is 11.3 Å². The Morgan fingerprint density at radius 2 is 2.33 bits per heavy atom. The molecule has 1 fully saturated rings. The summed E-state index contributed by atoms with van der Waals surface area (Å²) in [5.41, 5.74) is 1.86. The van der Waals surface area contributed by atoms with Gasteiger partial charge in [0.05, 0.1) is 17.2 Å². The number of amides is 1. The van der Waals surface area contributed by atoms with Gasteiger partial charge in [-0.3, -0.25) is 9.48 Å². The summed E-state index contributed by atoms with van der Waals surface area (Å²) in [6.07, 6.45) is 2.24. The van der Waals surface area contributed by atoms with Gasteiger partial charge in [-0.25, -0.2) is 8.42 Å². The highest BCUT2D eigenvalue weighted by molar-refractivity contribution is 7.91. The highest BCUT2D eigenvalue weighted by Gasteiger charge is 2.28. The summed E-state index contributed by atoms with van der Waals surface area (Å²) in [5, 5.41) is 11.1.